The fourth-order valence-corrected chi connectivity index (χ4v) is 3.01. The molecular formula is C17H17BrN2O6. The number of methoxy groups -OCH3 is 3. The number of anilines is 1. The van der Waals surface area contributed by atoms with E-state index in [1.54, 1.807) is 6.92 Å². The van der Waals surface area contributed by atoms with Crippen molar-refractivity contribution in [2.45, 2.75) is 6.92 Å². The molecule has 0 radical (unpaired) electrons. The molecule has 138 valence electrons. The number of carbonyl (C=O) groups is 1. The summed E-state index contributed by atoms with van der Waals surface area (Å²) in [7, 11) is 4.37. The summed E-state index contributed by atoms with van der Waals surface area (Å²) in [6.45, 7) is 1.67. The molecule has 0 aliphatic heterocycles. The highest BCUT2D eigenvalue weighted by atomic mass is 79.9. The highest BCUT2D eigenvalue weighted by molar-refractivity contribution is 9.10. The van der Waals surface area contributed by atoms with Crippen LogP contribution in [0.1, 0.15) is 15.9 Å². The van der Waals surface area contributed by atoms with E-state index in [2.05, 4.69) is 21.2 Å². The average molecular weight is 425 g/mol. The van der Waals surface area contributed by atoms with E-state index in [4.69, 9.17) is 14.2 Å². The number of halogens is 1. The maximum absolute atomic E-state index is 12.7. The Morgan fingerprint density at radius 2 is 1.77 bits per heavy atom. The molecule has 0 aliphatic carbocycles. The van der Waals surface area contributed by atoms with E-state index in [0.717, 1.165) is 0 Å². The number of nitro benzene ring substituents is 1. The summed E-state index contributed by atoms with van der Waals surface area (Å²) < 4.78 is 16.2. The second-order valence-corrected chi connectivity index (χ2v) is 6.01. The van der Waals surface area contributed by atoms with Crippen molar-refractivity contribution in [2.24, 2.45) is 0 Å². The monoisotopic (exact) mass is 424 g/mol. The van der Waals surface area contributed by atoms with E-state index in [9.17, 15) is 14.9 Å². The van der Waals surface area contributed by atoms with Gasteiger partial charge in [0.15, 0.2) is 11.5 Å². The predicted octanol–water partition coefficient (Wildman–Crippen LogP) is 3.94. The van der Waals surface area contributed by atoms with Gasteiger partial charge in [-0.1, -0.05) is 0 Å². The van der Waals surface area contributed by atoms with E-state index >= 15 is 0 Å². The van der Waals surface area contributed by atoms with Crippen molar-refractivity contribution in [3.8, 4) is 17.2 Å². The first kappa shape index (κ1) is 19.5. The molecule has 0 saturated carbocycles. The van der Waals surface area contributed by atoms with Crippen LogP contribution in [0.5, 0.6) is 17.2 Å². The molecule has 0 heterocycles. The van der Waals surface area contributed by atoms with Gasteiger partial charge in [0.2, 0.25) is 5.75 Å². The van der Waals surface area contributed by atoms with Crippen molar-refractivity contribution in [3.05, 3.63) is 50.0 Å². The molecule has 0 aromatic heterocycles. The van der Waals surface area contributed by atoms with Crippen LogP contribution in [0.2, 0.25) is 0 Å². The van der Waals surface area contributed by atoms with Gasteiger partial charge < -0.3 is 19.5 Å². The molecule has 1 N–H and O–H groups in total. The molecule has 2 aromatic carbocycles. The lowest BCUT2D eigenvalue weighted by molar-refractivity contribution is -0.384. The summed E-state index contributed by atoms with van der Waals surface area (Å²) in [4.78, 5) is 23.0. The summed E-state index contributed by atoms with van der Waals surface area (Å²) in [5.41, 5.74) is 1.24. The smallest absolute Gasteiger partial charge is 0.269 e. The van der Waals surface area contributed by atoms with Crippen molar-refractivity contribution in [1.82, 2.24) is 0 Å². The zero-order chi connectivity index (χ0) is 19.4. The van der Waals surface area contributed by atoms with Gasteiger partial charge in [0.25, 0.3) is 11.6 Å². The van der Waals surface area contributed by atoms with Crippen LogP contribution in [0.4, 0.5) is 11.4 Å². The number of ether oxygens (including phenoxy) is 3. The maximum Gasteiger partial charge on any atom is 0.269 e. The van der Waals surface area contributed by atoms with Gasteiger partial charge in [0, 0.05) is 17.8 Å². The molecule has 0 saturated heterocycles. The Hall–Kier alpha value is -2.81. The van der Waals surface area contributed by atoms with Crippen molar-refractivity contribution in [3.63, 3.8) is 0 Å². The topological polar surface area (TPSA) is 99.9 Å². The van der Waals surface area contributed by atoms with Gasteiger partial charge in [-0.15, -0.1) is 0 Å². The Kier molecular flexibility index (Phi) is 6.04. The van der Waals surface area contributed by atoms with Crippen LogP contribution < -0.4 is 19.5 Å². The van der Waals surface area contributed by atoms with E-state index in [1.807, 2.05) is 0 Å². The summed E-state index contributed by atoms with van der Waals surface area (Å²) in [6.07, 6.45) is 0. The SMILES string of the molecule is COc1cc(C(=O)Nc2ccc([N+](=O)[O-])cc2C)c(Br)c(OC)c1OC. The van der Waals surface area contributed by atoms with Gasteiger partial charge in [0.05, 0.1) is 36.3 Å². The van der Waals surface area contributed by atoms with E-state index < -0.39 is 10.8 Å². The van der Waals surface area contributed by atoms with Crippen molar-refractivity contribution in [2.75, 3.05) is 26.6 Å². The van der Waals surface area contributed by atoms with Gasteiger partial charge in [-0.25, -0.2) is 0 Å². The highest BCUT2D eigenvalue weighted by Gasteiger charge is 2.23. The second kappa shape index (κ2) is 8.05. The Bertz CT molecular complexity index is 869. The van der Waals surface area contributed by atoms with E-state index in [0.29, 0.717) is 33.0 Å². The number of benzene rings is 2. The molecule has 2 rings (SSSR count). The number of amides is 1. The normalized spacial score (nSPS) is 10.2. The lowest BCUT2D eigenvalue weighted by Gasteiger charge is -2.17. The van der Waals surface area contributed by atoms with Gasteiger partial charge in [-0.2, -0.15) is 0 Å². The van der Waals surface area contributed by atoms with Crippen molar-refractivity contribution >= 4 is 33.2 Å². The third-order valence-electron chi connectivity index (χ3n) is 3.68. The van der Waals surface area contributed by atoms with Gasteiger partial charge >= 0.3 is 0 Å². The number of nitrogens with zero attached hydrogens (tertiary/aromatic N) is 1. The number of nitrogens with one attached hydrogen (secondary N) is 1. The number of nitro groups is 1. The molecule has 8 nitrogen and oxygen atoms in total. The fraction of sp³-hybridized carbons (Fsp3) is 0.235. The Morgan fingerprint density at radius 1 is 1.12 bits per heavy atom. The molecule has 0 unspecified atom stereocenters. The standard InChI is InChI=1S/C17H17BrN2O6/c1-9-7-10(20(22)23)5-6-12(9)19-17(21)11-8-13(24-2)15(25-3)16(26-4)14(11)18/h5-8H,1-4H3,(H,19,21). The summed E-state index contributed by atoms with van der Waals surface area (Å²) >= 11 is 3.35. The summed E-state index contributed by atoms with van der Waals surface area (Å²) in [5.74, 6) is 0.563. The number of hydrogen-bond donors (Lipinski definition) is 1. The van der Waals surface area contributed by atoms with Gasteiger partial charge in [-0.3, -0.25) is 14.9 Å². The largest absolute Gasteiger partial charge is 0.493 e. The first-order chi connectivity index (χ1) is 12.3. The van der Waals surface area contributed by atoms with Crippen LogP contribution in [0.25, 0.3) is 0 Å². The molecule has 1 amide bonds. The van der Waals surface area contributed by atoms with Crippen LogP contribution in [0, 0.1) is 17.0 Å². The lowest BCUT2D eigenvalue weighted by atomic mass is 10.1. The van der Waals surface area contributed by atoms with Crippen LogP contribution in [0.15, 0.2) is 28.7 Å². The van der Waals surface area contributed by atoms with Crippen molar-refractivity contribution in [1.29, 1.82) is 0 Å². The first-order valence-electron chi connectivity index (χ1n) is 7.38. The highest BCUT2D eigenvalue weighted by Crippen LogP contribution is 2.44. The van der Waals surface area contributed by atoms with Crippen LogP contribution in [0.3, 0.4) is 0 Å². The molecule has 26 heavy (non-hydrogen) atoms. The van der Waals surface area contributed by atoms with Gasteiger partial charge in [-0.05, 0) is 40.5 Å². The van der Waals surface area contributed by atoms with Crippen LogP contribution in [-0.2, 0) is 0 Å². The molecular weight excluding hydrogens is 408 g/mol. The summed E-state index contributed by atoms with van der Waals surface area (Å²) in [5, 5.41) is 13.6. The molecule has 0 atom stereocenters. The quantitative estimate of drug-likeness (QED) is 0.556. The fourth-order valence-electron chi connectivity index (χ4n) is 2.38. The number of rotatable bonds is 6. The number of aryl methyl sites for hydroxylation is 1. The summed E-state index contributed by atoms with van der Waals surface area (Å²) in [6, 6.07) is 5.71. The number of non-ortho nitro benzene ring substituents is 1. The second-order valence-electron chi connectivity index (χ2n) is 5.22. The first-order valence-corrected chi connectivity index (χ1v) is 8.18. The van der Waals surface area contributed by atoms with Crippen LogP contribution >= 0.6 is 15.9 Å². The Balaban J connectivity index is 2.43. The minimum absolute atomic E-state index is 0.0468. The van der Waals surface area contributed by atoms with E-state index in [1.165, 1.54) is 45.6 Å². The molecule has 0 bridgehead atoms. The average Bonchev–Trinajstić information content (AvgIpc) is 2.62. The minimum Gasteiger partial charge on any atom is -0.493 e. The zero-order valence-corrected chi connectivity index (χ0v) is 16.2. The Labute approximate surface area is 158 Å². The Morgan fingerprint density at radius 3 is 2.27 bits per heavy atom. The number of hydrogen-bond acceptors (Lipinski definition) is 6. The predicted molar refractivity (Wildman–Crippen MR) is 99.6 cm³/mol. The maximum atomic E-state index is 12.7. The third kappa shape index (κ3) is 3.72. The third-order valence-corrected chi connectivity index (χ3v) is 4.47. The molecule has 9 heteroatoms. The molecule has 0 fully saturated rings. The lowest BCUT2D eigenvalue weighted by Crippen LogP contribution is -2.14. The van der Waals surface area contributed by atoms with Gasteiger partial charge in [0.1, 0.15) is 0 Å². The molecule has 0 spiro atoms. The number of carbonyl (C=O) groups excluding carboxylic acids is 1. The van der Waals surface area contributed by atoms with E-state index in [-0.39, 0.29) is 11.3 Å². The van der Waals surface area contributed by atoms with Crippen LogP contribution in [-0.4, -0.2) is 32.2 Å². The molecule has 0 aliphatic rings. The minimum atomic E-state index is -0.492. The van der Waals surface area contributed by atoms with Crippen molar-refractivity contribution < 1.29 is 23.9 Å². The molecule has 2 aromatic rings. The zero-order valence-electron chi connectivity index (χ0n) is 14.6.